The summed E-state index contributed by atoms with van der Waals surface area (Å²) in [4.78, 5) is 29.9. The van der Waals surface area contributed by atoms with Gasteiger partial charge in [0.1, 0.15) is 0 Å². The summed E-state index contributed by atoms with van der Waals surface area (Å²) >= 11 is 5.00. The summed E-state index contributed by atoms with van der Waals surface area (Å²) in [6, 6.07) is 2.81. The first-order chi connectivity index (χ1) is 7.91. The number of rotatable bonds is 5. The minimum atomic E-state index is -0.846. The Labute approximate surface area is 99.0 Å². The van der Waals surface area contributed by atoms with Gasteiger partial charge in [0, 0.05) is 6.07 Å². The third kappa shape index (κ3) is 3.38. The van der Waals surface area contributed by atoms with Crippen LogP contribution < -0.4 is 4.74 Å². The molecule has 0 unspecified atom stereocenters. The fourth-order valence-electron chi connectivity index (χ4n) is 1.02. The van der Waals surface area contributed by atoms with Crippen molar-refractivity contribution in [1.82, 2.24) is 0 Å². The Kier molecular flexibility index (Phi) is 3.94. The van der Waals surface area contributed by atoms with Gasteiger partial charge in [-0.25, -0.2) is 0 Å². The van der Waals surface area contributed by atoms with Crippen molar-refractivity contribution >= 4 is 28.2 Å². The van der Waals surface area contributed by atoms with Gasteiger partial charge in [-0.15, -0.1) is 0 Å². The van der Waals surface area contributed by atoms with Gasteiger partial charge in [-0.05, 0) is 17.7 Å². The molecule has 0 bridgehead atoms. The summed E-state index contributed by atoms with van der Waals surface area (Å²) < 4.78 is 4.75. The minimum absolute atomic E-state index is 0.255. The summed E-state index contributed by atoms with van der Waals surface area (Å²) in [5.41, 5.74) is -1.04. The number of nitro benzene ring substituents is 2. The van der Waals surface area contributed by atoms with Crippen molar-refractivity contribution in [2.45, 2.75) is 0 Å². The van der Waals surface area contributed by atoms with Gasteiger partial charge in [-0.3, -0.25) is 25.0 Å². The lowest BCUT2D eigenvalue weighted by Gasteiger charge is -2.03. The van der Waals surface area contributed by atoms with Crippen LogP contribution in [0.25, 0.3) is 0 Å². The summed E-state index contributed by atoms with van der Waals surface area (Å²) in [6.07, 6.45) is 0. The maximum atomic E-state index is 10.6. The Hall–Kier alpha value is -2.22. The third-order valence-corrected chi connectivity index (χ3v) is 1.80. The van der Waals surface area contributed by atoms with Gasteiger partial charge in [0.05, 0.1) is 15.9 Å². The van der Waals surface area contributed by atoms with E-state index in [4.69, 9.17) is 16.3 Å². The Morgan fingerprint density at radius 2 is 1.94 bits per heavy atom. The van der Waals surface area contributed by atoms with Crippen molar-refractivity contribution < 1.29 is 19.4 Å². The molecule has 0 aromatic heterocycles. The zero-order valence-corrected chi connectivity index (χ0v) is 8.92. The lowest BCUT2D eigenvalue weighted by atomic mass is 10.2. The van der Waals surface area contributed by atoms with Crippen molar-refractivity contribution in [1.29, 1.82) is 0 Å². The average molecular weight is 261 g/mol. The molecule has 0 aliphatic carbocycles. The predicted octanol–water partition coefficient (Wildman–Crippen LogP) is 1.65. The van der Waals surface area contributed by atoms with Crippen LogP contribution in [0, 0.1) is 20.2 Å². The highest BCUT2D eigenvalue weighted by Gasteiger charge is 2.20. The summed E-state index contributed by atoms with van der Waals surface area (Å²) in [5, 5.41) is 20.2. The monoisotopic (exact) mass is 260 g/mol. The van der Waals surface area contributed by atoms with Crippen LogP contribution in [0.2, 0.25) is 0 Å². The molecule has 0 radical (unpaired) electrons. The van der Waals surface area contributed by atoms with E-state index in [-0.39, 0.29) is 5.75 Å². The largest absolute Gasteiger partial charge is 0.477 e. The van der Waals surface area contributed by atoms with Crippen molar-refractivity contribution in [2.24, 2.45) is 0 Å². The highest BCUT2D eigenvalue weighted by Crippen LogP contribution is 2.30. The summed E-state index contributed by atoms with van der Waals surface area (Å²) in [7, 11) is 0. The maximum Gasteiger partial charge on any atom is 0.317 e. The van der Waals surface area contributed by atoms with Crippen LogP contribution in [-0.2, 0) is 4.79 Å². The molecule has 1 aromatic rings. The number of nitro groups is 2. The number of halogens is 1. The Morgan fingerprint density at radius 1 is 1.29 bits per heavy atom. The van der Waals surface area contributed by atoms with Gasteiger partial charge in [-0.1, -0.05) is 0 Å². The zero-order valence-electron chi connectivity index (χ0n) is 8.16. The van der Waals surface area contributed by atoms with Gasteiger partial charge in [0.25, 0.3) is 10.9 Å². The molecule has 0 aliphatic rings. The number of carbonyl (C=O) groups is 1. The Morgan fingerprint density at radius 3 is 2.41 bits per heavy atom. The molecule has 0 spiro atoms. The number of ether oxygens (including phenoxy) is 1. The van der Waals surface area contributed by atoms with E-state index in [1.165, 1.54) is 0 Å². The van der Waals surface area contributed by atoms with Crippen LogP contribution in [0.4, 0.5) is 11.4 Å². The van der Waals surface area contributed by atoms with Crippen molar-refractivity contribution in [3.05, 3.63) is 38.4 Å². The van der Waals surface area contributed by atoms with Crippen LogP contribution in [0.1, 0.15) is 0 Å². The molecule has 0 atom stereocenters. The highest BCUT2D eigenvalue weighted by molar-refractivity contribution is 6.63. The van der Waals surface area contributed by atoms with Gasteiger partial charge in [0.2, 0.25) is 0 Å². The number of carbonyl (C=O) groups excluding carboxylic acids is 1. The molecule has 9 heteroatoms. The van der Waals surface area contributed by atoms with Crippen LogP contribution >= 0.6 is 11.6 Å². The first kappa shape index (κ1) is 12.8. The topological polar surface area (TPSA) is 113 Å². The smallest absolute Gasteiger partial charge is 0.317 e. The number of nitrogens with zero attached hydrogens (tertiary/aromatic N) is 2. The lowest BCUT2D eigenvalue weighted by molar-refractivity contribution is -0.394. The second-order valence-corrected chi connectivity index (χ2v) is 3.23. The van der Waals surface area contributed by atoms with Crippen LogP contribution in [-0.4, -0.2) is 21.7 Å². The molecule has 1 rings (SSSR count). The molecule has 0 amide bonds. The fraction of sp³-hybridized carbons (Fsp3) is 0.125. The van der Waals surface area contributed by atoms with E-state index in [2.05, 4.69) is 0 Å². The van der Waals surface area contributed by atoms with E-state index < -0.39 is 33.1 Å². The molecule has 90 valence electrons. The Bertz CT molecular complexity index is 489. The quantitative estimate of drug-likeness (QED) is 0.452. The molecule has 8 nitrogen and oxygen atoms in total. The predicted molar refractivity (Wildman–Crippen MR) is 56.1 cm³/mol. The molecule has 0 N–H and O–H groups in total. The molecule has 0 saturated carbocycles. The number of non-ortho nitro benzene ring substituents is 1. The summed E-state index contributed by atoms with van der Waals surface area (Å²) in [5.74, 6) is -0.255. The van der Waals surface area contributed by atoms with Gasteiger partial charge in [-0.2, -0.15) is 0 Å². The Balaban J connectivity index is 3.08. The van der Waals surface area contributed by atoms with E-state index in [0.29, 0.717) is 0 Å². The molecular formula is C8H5ClN2O6. The number of hydrogen-bond donors (Lipinski definition) is 0. The van der Waals surface area contributed by atoms with Crippen LogP contribution in [0.5, 0.6) is 5.75 Å². The average Bonchev–Trinajstić information content (AvgIpc) is 2.25. The van der Waals surface area contributed by atoms with Crippen molar-refractivity contribution in [3.63, 3.8) is 0 Å². The number of benzene rings is 1. The van der Waals surface area contributed by atoms with E-state index >= 15 is 0 Å². The fourth-order valence-corrected chi connectivity index (χ4v) is 1.07. The van der Waals surface area contributed by atoms with E-state index in [9.17, 15) is 25.0 Å². The molecule has 0 fully saturated rings. The second kappa shape index (κ2) is 5.21. The van der Waals surface area contributed by atoms with Crippen LogP contribution in [0.15, 0.2) is 18.2 Å². The van der Waals surface area contributed by atoms with Gasteiger partial charge in [0.15, 0.2) is 12.4 Å². The zero-order chi connectivity index (χ0) is 13.0. The molecular weight excluding hydrogens is 256 g/mol. The SMILES string of the molecule is O=C(Cl)COc1ccc([N+](=O)[O-])cc1[N+](=O)[O-]. The van der Waals surface area contributed by atoms with Gasteiger partial charge >= 0.3 is 5.69 Å². The van der Waals surface area contributed by atoms with E-state index in [1.807, 2.05) is 0 Å². The first-order valence-corrected chi connectivity index (χ1v) is 4.53. The van der Waals surface area contributed by atoms with Crippen molar-refractivity contribution in [2.75, 3.05) is 6.61 Å². The lowest BCUT2D eigenvalue weighted by Crippen LogP contribution is -2.06. The molecule has 0 heterocycles. The molecule has 0 saturated heterocycles. The van der Waals surface area contributed by atoms with Crippen LogP contribution in [0.3, 0.4) is 0 Å². The minimum Gasteiger partial charge on any atom is -0.477 e. The molecule has 17 heavy (non-hydrogen) atoms. The molecule has 1 aromatic carbocycles. The third-order valence-electron chi connectivity index (χ3n) is 1.69. The highest BCUT2D eigenvalue weighted by atomic mass is 35.5. The van der Waals surface area contributed by atoms with Crippen molar-refractivity contribution in [3.8, 4) is 5.75 Å². The second-order valence-electron chi connectivity index (χ2n) is 2.81. The van der Waals surface area contributed by atoms with E-state index in [1.54, 1.807) is 0 Å². The standard InChI is InChI=1S/C8H5ClN2O6/c9-8(12)4-17-7-2-1-5(10(13)14)3-6(7)11(15)16/h1-3H,4H2. The molecule has 0 aliphatic heterocycles. The summed E-state index contributed by atoms with van der Waals surface area (Å²) in [6.45, 7) is -0.555. The maximum absolute atomic E-state index is 10.6. The van der Waals surface area contributed by atoms with Gasteiger partial charge < -0.3 is 4.74 Å². The van der Waals surface area contributed by atoms with E-state index in [0.717, 1.165) is 18.2 Å². The number of hydrogen-bond acceptors (Lipinski definition) is 6. The first-order valence-electron chi connectivity index (χ1n) is 4.16. The normalized spacial score (nSPS) is 9.71.